The van der Waals surface area contributed by atoms with Gasteiger partial charge in [0, 0.05) is 31.1 Å². The molecule has 1 fully saturated rings. The smallest absolute Gasteiger partial charge is 0.161 e. The molecule has 0 amide bonds. The number of piperazine rings is 1. The largest absolute Gasteiger partial charge is 0.493 e. The maximum absolute atomic E-state index is 5.65. The van der Waals surface area contributed by atoms with Crippen molar-refractivity contribution in [1.82, 2.24) is 10.2 Å². The Kier molecular flexibility index (Phi) is 5.54. The minimum absolute atomic E-state index is 0.279. The van der Waals surface area contributed by atoms with Gasteiger partial charge in [-0.1, -0.05) is 12.1 Å². The van der Waals surface area contributed by atoms with Crippen LogP contribution in [0.5, 0.6) is 11.5 Å². The maximum atomic E-state index is 5.65. The summed E-state index contributed by atoms with van der Waals surface area (Å²) in [5, 5.41) is 5.58. The van der Waals surface area contributed by atoms with Crippen molar-refractivity contribution in [2.75, 3.05) is 39.9 Å². The molecule has 0 spiro atoms. The number of nitrogens with zero attached hydrogens (tertiary/aromatic N) is 1. The first-order valence-electron chi connectivity index (χ1n) is 8.12. The lowest BCUT2D eigenvalue weighted by Gasteiger charge is -2.35. The van der Waals surface area contributed by atoms with Gasteiger partial charge in [0.05, 0.1) is 19.8 Å². The van der Waals surface area contributed by atoms with E-state index in [4.69, 9.17) is 9.47 Å². The average molecular weight is 332 g/mol. The van der Waals surface area contributed by atoms with Crippen LogP contribution < -0.4 is 14.8 Å². The molecule has 1 unspecified atom stereocenters. The van der Waals surface area contributed by atoms with Gasteiger partial charge in [-0.15, -0.1) is 11.3 Å². The molecule has 0 bridgehead atoms. The van der Waals surface area contributed by atoms with E-state index in [2.05, 4.69) is 39.9 Å². The minimum atomic E-state index is 0.279. The van der Waals surface area contributed by atoms with Gasteiger partial charge in [0.1, 0.15) is 0 Å². The first-order valence-corrected chi connectivity index (χ1v) is 9.00. The number of hydrogen-bond acceptors (Lipinski definition) is 5. The molecule has 0 aliphatic carbocycles. The van der Waals surface area contributed by atoms with Crippen LogP contribution in [0.25, 0.3) is 0 Å². The first-order chi connectivity index (χ1) is 11.3. The van der Waals surface area contributed by atoms with Crippen LogP contribution in [0, 0.1) is 0 Å². The topological polar surface area (TPSA) is 33.7 Å². The molecule has 0 saturated carbocycles. The van der Waals surface area contributed by atoms with E-state index in [0.29, 0.717) is 6.61 Å². The summed E-state index contributed by atoms with van der Waals surface area (Å²) in [6.07, 6.45) is 0. The predicted molar refractivity (Wildman–Crippen MR) is 94.8 cm³/mol. The summed E-state index contributed by atoms with van der Waals surface area (Å²) in [6.45, 7) is 6.81. The molecule has 4 nitrogen and oxygen atoms in total. The fraction of sp³-hybridized carbons (Fsp3) is 0.444. The van der Waals surface area contributed by atoms with E-state index in [0.717, 1.165) is 37.7 Å². The minimum Gasteiger partial charge on any atom is -0.493 e. The monoisotopic (exact) mass is 332 g/mol. The van der Waals surface area contributed by atoms with Crippen LogP contribution in [0.4, 0.5) is 0 Å². The van der Waals surface area contributed by atoms with Gasteiger partial charge < -0.3 is 14.8 Å². The van der Waals surface area contributed by atoms with Crippen LogP contribution >= 0.6 is 11.3 Å². The molecule has 1 N–H and O–H groups in total. The zero-order valence-electron chi connectivity index (χ0n) is 13.7. The number of hydrogen-bond donors (Lipinski definition) is 1. The van der Waals surface area contributed by atoms with Crippen molar-refractivity contribution in [2.45, 2.75) is 13.0 Å². The zero-order valence-corrected chi connectivity index (χ0v) is 14.6. The third-order valence-corrected chi connectivity index (χ3v) is 5.06. The number of nitrogens with one attached hydrogen (secondary N) is 1. The molecule has 23 heavy (non-hydrogen) atoms. The Morgan fingerprint density at radius 1 is 1.22 bits per heavy atom. The maximum Gasteiger partial charge on any atom is 0.161 e. The highest BCUT2D eigenvalue weighted by atomic mass is 32.1. The second-order valence-electron chi connectivity index (χ2n) is 5.55. The molecular weight excluding hydrogens is 308 g/mol. The molecule has 1 saturated heterocycles. The lowest BCUT2D eigenvalue weighted by molar-refractivity contribution is 0.200. The van der Waals surface area contributed by atoms with Crippen molar-refractivity contribution >= 4 is 11.3 Å². The van der Waals surface area contributed by atoms with E-state index in [9.17, 15) is 0 Å². The number of methoxy groups -OCH3 is 1. The van der Waals surface area contributed by atoms with Crippen molar-refractivity contribution in [2.24, 2.45) is 0 Å². The van der Waals surface area contributed by atoms with Gasteiger partial charge in [-0.3, -0.25) is 4.90 Å². The summed E-state index contributed by atoms with van der Waals surface area (Å²) in [7, 11) is 1.70. The van der Waals surface area contributed by atoms with E-state index in [-0.39, 0.29) is 6.04 Å². The lowest BCUT2D eigenvalue weighted by Crippen LogP contribution is -2.45. The number of benzene rings is 1. The van der Waals surface area contributed by atoms with E-state index >= 15 is 0 Å². The Bertz CT molecular complexity index is 609. The summed E-state index contributed by atoms with van der Waals surface area (Å²) in [5.74, 6) is 1.62. The number of ether oxygens (including phenoxy) is 2. The summed E-state index contributed by atoms with van der Waals surface area (Å²) in [6, 6.07) is 10.9. The van der Waals surface area contributed by atoms with Crippen molar-refractivity contribution in [3.05, 3.63) is 46.2 Å². The fourth-order valence-corrected chi connectivity index (χ4v) is 3.96. The second-order valence-corrected chi connectivity index (χ2v) is 6.53. The summed E-state index contributed by atoms with van der Waals surface area (Å²) < 4.78 is 11.2. The van der Waals surface area contributed by atoms with Crippen LogP contribution in [0.2, 0.25) is 0 Å². The first kappa shape index (κ1) is 16.3. The van der Waals surface area contributed by atoms with Crippen LogP contribution in [0.3, 0.4) is 0 Å². The molecular formula is C18H24N2O2S. The highest BCUT2D eigenvalue weighted by Crippen LogP contribution is 2.37. The molecule has 5 heteroatoms. The lowest BCUT2D eigenvalue weighted by atomic mass is 10.0. The van der Waals surface area contributed by atoms with Crippen LogP contribution in [0.1, 0.15) is 23.4 Å². The van der Waals surface area contributed by atoms with E-state index in [1.54, 1.807) is 7.11 Å². The van der Waals surface area contributed by atoms with Crippen LogP contribution in [0.15, 0.2) is 35.7 Å². The summed E-state index contributed by atoms with van der Waals surface area (Å²) in [5.41, 5.74) is 1.26. The molecule has 2 heterocycles. The van der Waals surface area contributed by atoms with Crippen molar-refractivity contribution in [1.29, 1.82) is 0 Å². The molecule has 1 aliphatic rings. The summed E-state index contributed by atoms with van der Waals surface area (Å²) in [4.78, 5) is 3.91. The van der Waals surface area contributed by atoms with Gasteiger partial charge in [-0.05, 0) is 36.1 Å². The van der Waals surface area contributed by atoms with Gasteiger partial charge >= 0.3 is 0 Å². The second kappa shape index (κ2) is 7.81. The number of rotatable bonds is 6. The van der Waals surface area contributed by atoms with Gasteiger partial charge in [0.25, 0.3) is 0 Å². The Hall–Kier alpha value is -1.56. The molecule has 3 rings (SSSR count). The molecule has 1 aromatic carbocycles. The Labute approximate surface area is 142 Å². The van der Waals surface area contributed by atoms with Gasteiger partial charge in [0.15, 0.2) is 11.5 Å². The Morgan fingerprint density at radius 3 is 2.70 bits per heavy atom. The molecule has 2 aromatic rings. The molecule has 1 aliphatic heterocycles. The Balaban J connectivity index is 1.96. The highest BCUT2D eigenvalue weighted by molar-refractivity contribution is 7.10. The fourth-order valence-electron chi connectivity index (χ4n) is 3.07. The number of thiophene rings is 1. The van der Waals surface area contributed by atoms with Gasteiger partial charge in [-0.2, -0.15) is 0 Å². The standard InChI is InChI=1S/C18H24N2O2S/c1-3-22-15-7-6-14(13-16(15)21-2)18(17-5-4-12-23-17)20-10-8-19-9-11-20/h4-7,12-13,18-19H,3,8-11H2,1-2H3. The quantitative estimate of drug-likeness (QED) is 0.881. The SMILES string of the molecule is CCOc1ccc(C(c2cccs2)N2CCNCC2)cc1OC. The normalized spacial score (nSPS) is 17.0. The molecule has 124 valence electrons. The van der Waals surface area contributed by atoms with Crippen molar-refractivity contribution < 1.29 is 9.47 Å². The highest BCUT2D eigenvalue weighted by Gasteiger charge is 2.25. The zero-order chi connectivity index (χ0) is 16.1. The van der Waals surface area contributed by atoms with Crippen LogP contribution in [-0.2, 0) is 0 Å². The van der Waals surface area contributed by atoms with Crippen molar-refractivity contribution in [3.8, 4) is 11.5 Å². The summed E-state index contributed by atoms with van der Waals surface area (Å²) >= 11 is 1.81. The van der Waals surface area contributed by atoms with E-state index < -0.39 is 0 Å². The van der Waals surface area contributed by atoms with Gasteiger partial charge in [0.2, 0.25) is 0 Å². The van der Waals surface area contributed by atoms with E-state index in [1.165, 1.54) is 10.4 Å². The van der Waals surface area contributed by atoms with Crippen LogP contribution in [-0.4, -0.2) is 44.8 Å². The third-order valence-electron chi connectivity index (χ3n) is 4.13. The predicted octanol–water partition coefficient (Wildman–Crippen LogP) is 3.15. The molecule has 1 aromatic heterocycles. The Morgan fingerprint density at radius 2 is 2.04 bits per heavy atom. The van der Waals surface area contributed by atoms with Gasteiger partial charge in [-0.25, -0.2) is 0 Å². The molecule has 1 atom stereocenters. The average Bonchev–Trinajstić information content (AvgIpc) is 3.11. The molecule has 0 radical (unpaired) electrons. The van der Waals surface area contributed by atoms with Crippen molar-refractivity contribution in [3.63, 3.8) is 0 Å². The van der Waals surface area contributed by atoms with E-state index in [1.807, 2.05) is 24.3 Å². The third kappa shape index (κ3) is 3.68.